The fraction of sp³-hybridized carbons (Fsp3) is 0.500. The number of anilines is 2. The zero-order valence-electron chi connectivity index (χ0n) is 16.2. The van der Waals surface area contributed by atoms with Crippen molar-refractivity contribution < 1.29 is 9.53 Å². The highest BCUT2D eigenvalue weighted by atomic mass is 16.5. The topological polar surface area (TPSA) is 97.5 Å². The molecule has 0 unspecified atom stereocenters. The van der Waals surface area contributed by atoms with Crippen molar-refractivity contribution >= 4 is 17.5 Å². The molecule has 2 aromatic rings. The first kappa shape index (κ1) is 18.5. The van der Waals surface area contributed by atoms with Crippen molar-refractivity contribution in [1.82, 2.24) is 19.9 Å². The summed E-state index contributed by atoms with van der Waals surface area (Å²) in [6.07, 6.45) is 7.33. The molecule has 2 saturated heterocycles. The van der Waals surface area contributed by atoms with E-state index in [1.165, 1.54) is 0 Å². The van der Waals surface area contributed by atoms with Crippen LogP contribution in [-0.2, 0) is 0 Å². The Bertz CT molecular complexity index is 827. The Hall–Kier alpha value is -2.90. The van der Waals surface area contributed by atoms with Gasteiger partial charge in [-0.3, -0.25) is 4.79 Å². The molecule has 28 heavy (non-hydrogen) atoms. The number of nitrogen functional groups attached to an aromatic ring is 1. The molecule has 8 nitrogen and oxygen atoms in total. The van der Waals surface area contributed by atoms with Gasteiger partial charge in [0.1, 0.15) is 17.7 Å². The maximum atomic E-state index is 12.4. The first-order valence-corrected chi connectivity index (χ1v) is 9.86. The summed E-state index contributed by atoms with van der Waals surface area (Å²) in [4.78, 5) is 29.5. The average Bonchev–Trinajstić information content (AvgIpc) is 3.26. The predicted octanol–water partition coefficient (Wildman–Crippen LogP) is 2.05. The van der Waals surface area contributed by atoms with Gasteiger partial charge in [-0.05, 0) is 31.9 Å². The molecule has 2 fully saturated rings. The number of ether oxygens (including phenoxy) is 1. The van der Waals surface area contributed by atoms with Crippen molar-refractivity contribution in [2.75, 3.05) is 36.8 Å². The van der Waals surface area contributed by atoms with E-state index in [1.54, 1.807) is 12.4 Å². The highest BCUT2D eigenvalue weighted by Crippen LogP contribution is 2.22. The molecule has 4 heterocycles. The summed E-state index contributed by atoms with van der Waals surface area (Å²) in [6.45, 7) is 5.24. The summed E-state index contributed by atoms with van der Waals surface area (Å²) < 4.78 is 5.88. The second-order valence-electron chi connectivity index (χ2n) is 7.43. The van der Waals surface area contributed by atoms with Gasteiger partial charge in [-0.25, -0.2) is 9.97 Å². The first-order valence-electron chi connectivity index (χ1n) is 9.86. The Morgan fingerprint density at radius 3 is 2.50 bits per heavy atom. The molecule has 0 saturated carbocycles. The fourth-order valence-electron chi connectivity index (χ4n) is 3.65. The number of carbonyl (C=O) groups excluding carboxylic acids is 1. The van der Waals surface area contributed by atoms with Crippen LogP contribution in [0.4, 0.5) is 11.6 Å². The van der Waals surface area contributed by atoms with Gasteiger partial charge >= 0.3 is 6.01 Å². The van der Waals surface area contributed by atoms with Crippen LogP contribution in [0.1, 0.15) is 41.6 Å². The van der Waals surface area contributed by atoms with Crippen LogP contribution in [-0.4, -0.2) is 58.0 Å². The number of nitrogens with zero attached hydrogens (tertiary/aromatic N) is 5. The molecule has 0 radical (unpaired) electrons. The molecule has 2 N–H and O–H groups in total. The highest BCUT2D eigenvalue weighted by Gasteiger charge is 2.24. The fourth-order valence-corrected chi connectivity index (χ4v) is 3.65. The number of piperidine rings is 1. The Labute approximate surface area is 164 Å². The summed E-state index contributed by atoms with van der Waals surface area (Å²) in [7, 11) is 0. The third-order valence-corrected chi connectivity index (χ3v) is 5.41. The molecule has 1 amide bonds. The van der Waals surface area contributed by atoms with E-state index in [0.29, 0.717) is 17.4 Å². The van der Waals surface area contributed by atoms with E-state index in [0.717, 1.165) is 63.2 Å². The number of hydrogen-bond acceptors (Lipinski definition) is 7. The number of hydrogen-bond donors (Lipinski definition) is 1. The Kier molecular flexibility index (Phi) is 5.27. The van der Waals surface area contributed by atoms with Gasteiger partial charge in [0, 0.05) is 57.0 Å². The summed E-state index contributed by atoms with van der Waals surface area (Å²) in [5.74, 6) is 1.43. The van der Waals surface area contributed by atoms with Gasteiger partial charge < -0.3 is 20.3 Å². The molecule has 0 atom stereocenters. The zero-order valence-corrected chi connectivity index (χ0v) is 16.2. The lowest BCUT2D eigenvalue weighted by Gasteiger charge is -2.32. The van der Waals surface area contributed by atoms with Gasteiger partial charge in [-0.1, -0.05) is 0 Å². The van der Waals surface area contributed by atoms with Crippen molar-refractivity contribution in [1.29, 1.82) is 0 Å². The van der Waals surface area contributed by atoms with E-state index in [1.807, 2.05) is 24.0 Å². The Morgan fingerprint density at radius 1 is 1.11 bits per heavy atom. The van der Waals surface area contributed by atoms with Crippen LogP contribution >= 0.6 is 0 Å². The van der Waals surface area contributed by atoms with Gasteiger partial charge in [-0.2, -0.15) is 4.98 Å². The monoisotopic (exact) mass is 382 g/mol. The van der Waals surface area contributed by atoms with Crippen LogP contribution in [0.3, 0.4) is 0 Å². The van der Waals surface area contributed by atoms with Crippen LogP contribution in [0.5, 0.6) is 6.01 Å². The number of aryl methyl sites for hydroxylation is 1. The van der Waals surface area contributed by atoms with E-state index in [9.17, 15) is 4.79 Å². The maximum absolute atomic E-state index is 12.4. The lowest BCUT2D eigenvalue weighted by atomic mass is 10.1. The second-order valence-corrected chi connectivity index (χ2v) is 7.43. The third kappa shape index (κ3) is 4.00. The number of amides is 1. The minimum absolute atomic E-state index is 0.0642. The highest BCUT2D eigenvalue weighted by molar-refractivity contribution is 5.94. The quantitative estimate of drug-likeness (QED) is 0.864. The minimum Gasteiger partial charge on any atom is -0.460 e. The number of likely N-dealkylation sites (tertiary alicyclic amines) is 1. The molecule has 4 rings (SSSR count). The molecule has 8 heteroatoms. The molecular weight excluding hydrogens is 356 g/mol. The summed E-state index contributed by atoms with van der Waals surface area (Å²) in [5.41, 5.74) is 7.33. The summed E-state index contributed by atoms with van der Waals surface area (Å²) in [5, 5.41) is 0. The Morgan fingerprint density at radius 2 is 1.86 bits per heavy atom. The molecule has 0 spiro atoms. The molecule has 0 aliphatic carbocycles. The van der Waals surface area contributed by atoms with Crippen molar-refractivity contribution in [2.45, 2.75) is 38.7 Å². The SMILES string of the molecule is Cc1cnc(OC2CCN(c3ccc(C(=O)N4CCCC4)cn3)CC2)nc1N. The van der Waals surface area contributed by atoms with Crippen LogP contribution in [0, 0.1) is 6.92 Å². The first-order chi connectivity index (χ1) is 13.6. The van der Waals surface area contributed by atoms with E-state index < -0.39 is 0 Å². The maximum Gasteiger partial charge on any atom is 0.318 e. The van der Waals surface area contributed by atoms with Crippen LogP contribution in [0.15, 0.2) is 24.5 Å². The third-order valence-electron chi connectivity index (χ3n) is 5.41. The van der Waals surface area contributed by atoms with Gasteiger partial charge in [0.2, 0.25) is 0 Å². The molecule has 0 aromatic carbocycles. The molecule has 0 bridgehead atoms. The van der Waals surface area contributed by atoms with E-state index >= 15 is 0 Å². The zero-order chi connectivity index (χ0) is 19.5. The lowest BCUT2D eigenvalue weighted by Crippen LogP contribution is -2.39. The smallest absolute Gasteiger partial charge is 0.318 e. The standard InChI is InChI=1S/C20H26N6O2/c1-14-12-23-20(24-18(14)21)28-16-6-10-25(11-7-16)17-5-4-15(13-22-17)19(27)26-8-2-3-9-26/h4-5,12-13,16H,2-3,6-11H2,1H3,(H2,21,23,24). The average molecular weight is 382 g/mol. The number of rotatable bonds is 4. The molecule has 2 aliphatic heterocycles. The van der Waals surface area contributed by atoms with Crippen molar-refractivity contribution in [3.63, 3.8) is 0 Å². The lowest BCUT2D eigenvalue weighted by molar-refractivity contribution is 0.0792. The molecule has 148 valence electrons. The predicted molar refractivity (Wildman–Crippen MR) is 106 cm³/mol. The van der Waals surface area contributed by atoms with Crippen LogP contribution in [0.2, 0.25) is 0 Å². The summed E-state index contributed by atoms with van der Waals surface area (Å²) in [6, 6.07) is 4.16. The molecule has 2 aromatic heterocycles. The number of carbonyl (C=O) groups is 1. The van der Waals surface area contributed by atoms with E-state index in [-0.39, 0.29) is 12.0 Å². The van der Waals surface area contributed by atoms with E-state index in [4.69, 9.17) is 10.5 Å². The summed E-state index contributed by atoms with van der Waals surface area (Å²) >= 11 is 0. The van der Waals surface area contributed by atoms with Crippen molar-refractivity contribution in [2.24, 2.45) is 0 Å². The van der Waals surface area contributed by atoms with Gasteiger partial charge in [0.15, 0.2) is 0 Å². The normalized spacial score (nSPS) is 17.8. The van der Waals surface area contributed by atoms with Crippen LogP contribution < -0.4 is 15.4 Å². The number of pyridine rings is 1. The minimum atomic E-state index is 0.0642. The van der Waals surface area contributed by atoms with Gasteiger partial charge in [0.05, 0.1) is 5.56 Å². The number of nitrogens with two attached hydrogens (primary N) is 1. The Balaban J connectivity index is 1.32. The number of aromatic nitrogens is 3. The van der Waals surface area contributed by atoms with Crippen LogP contribution in [0.25, 0.3) is 0 Å². The van der Waals surface area contributed by atoms with Gasteiger partial charge in [-0.15, -0.1) is 0 Å². The van der Waals surface area contributed by atoms with Gasteiger partial charge in [0.25, 0.3) is 5.91 Å². The molecular formula is C20H26N6O2. The van der Waals surface area contributed by atoms with E-state index in [2.05, 4.69) is 19.9 Å². The van der Waals surface area contributed by atoms with Crippen molar-refractivity contribution in [3.05, 3.63) is 35.7 Å². The largest absolute Gasteiger partial charge is 0.460 e. The molecule has 2 aliphatic rings. The van der Waals surface area contributed by atoms with Crippen molar-refractivity contribution in [3.8, 4) is 6.01 Å². The second kappa shape index (κ2) is 8.00.